The first-order chi connectivity index (χ1) is 16.9. The van der Waals surface area contributed by atoms with Gasteiger partial charge in [0.25, 0.3) is 5.91 Å². The normalized spacial score (nSPS) is 11.6. The summed E-state index contributed by atoms with van der Waals surface area (Å²) in [5, 5.41) is 14.3. The molecule has 7 heteroatoms. The fraction of sp³-hybridized carbons (Fsp3) is 0.310. The Morgan fingerprint density at radius 2 is 1.67 bits per heavy atom. The number of benzene rings is 3. The molecule has 0 aromatic heterocycles. The smallest absolute Gasteiger partial charge is 0.548 e. The van der Waals surface area contributed by atoms with Crippen LogP contribution in [0.5, 0.6) is 0 Å². The summed E-state index contributed by atoms with van der Waals surface area (Å²) in [6.07, 6.45) is 3.18. The molecule has 3 aromatic rings. The zero-order valence-corrected chi connectivity index (χ0v) is 22.4. The summed E-state index contributed by atoms with van der Waals surface area (Å²) in [5.41, 5.74) is 5.67. The molecule has 0 radical (unpaired) electrons. The summed E-state index contributed by atoms with van der Waals surface area (Å²) >= 11 is 1.54. The van der Waals surface area contributed by atoms with E-state index in [1.165, 1.54) is 17.3 Å². The summed E-state index contributed by atoms with van der Waals surface area (Å²) in [6.45, 7) is 3.66. The molecule has 0 bridgehead atoms. The molecule has 0 aliphatic heterocycles. The van der Waals surface area contributed by atoms with E-state index in [-0.39, 0.29) is 18.9 Å². The Balaban J connectivity index is 0.00000456. The van der Waals surface area contributed by atoms with Crippen molar-refractivity contribution < 1.29 is 33.6 Å². The third-order valence-corrected chi connectivity index (χ3v) is 6.69. The Morgan fingerprint density at radius 3 is 2.33 bits per heavy atom. The predicted octanol–water partition coefficient (Wildman–Crippen LogP) is 0.942. The van der Waals surface area contributed by atoms with Gasteiger partial charge in [-0.25, -0.2) is 0 Å². The molecular weight excluding hydrogens is 463 g/mol. The third-order valence-electron chi connectivity index (χ3n) is 6.04. The molecule has 0 fully saturated rings. The number of carboxylic acid groups (broad SMARTS) is 1. The van der Waals surface area contributed by atoms with Crippen molar-refractivity contribution in [2.45, 2.75) is 32.4 Å². The molecular formula is C29H33LiN2O3S. The molecule has 1 N–H and O–H groups in total. The Morgan fingerprint density at radius 1 is 0.972 bits per heavy atom. The third kappa shape index (κ3) is 8.57. The molecule has 3 rings (SSSR count). The first kappa shape index (κ1) is 29.7. The van der Waals surface area contributed by atoms with Gasteiger partial charge in [0.1, 0.15) is 0 Å². The van der Waals surface area contributed by atoms with Gasteiger partial charge in [-0.3, -0.25) is 4.79 Å². The van der Waals surface area contributed by atoms with Gasteiger partial charge in [-0.2, -0.15) is 11.8 Å². The topological polar surface area (TPSA) is 72.5 Å². The van der Waals surface area contributed by atoms with E-state index in [9.17, 15) is 14.7 Å². The number of nitrogens with zero attached hydrogens (tertiary/aromatic N) is 1. The number of amides is 1. The second-order valence-electron chi connectivity index (χ2n) is 8.79. The standard InChI is InChI=1S/C29H34N2O3S.Li/c1-21-9-7-8-12-24(21)26-19-23(20-31(2)17-15-22-10-5-4-6-11-22)13-14-25(26)28(32)30-27(29(33)34)16-18-35-3;/h4-14,19,27H,15-18,20H2,1-3H3,(H,30,32)(H,33,34);/q;+1/p-1. The van der Waals surface area contributed by atoms with E-state index in [0.29, 0.717) is 17.7 Å². The van der Waals surface area contributed by atoms with Gasteiger partial charge in [-0.05, 0) is 78.8 Å². The first-order valence-corrected chi connectivity index (χ1v) is 13.2. The Bertz CT molecular complexity index is 1140. The average Bonchev–Trinajstić information content (AvgIpc) is 2.86. The van der Waals surface area contributed by atoms with Crippen LogP contribution in [0.25, 0.3) is 11.1 Å². The second kappa shape index (κ2) is 14.9. The number of carbonyl (C=O) groups excluding carboxylic acids is 2. The van der Waals surface area contributed by atoms with Gasteiger partial charge in [0.15, 0.2) is 0 Å². The maximum atomic E-state index is 13.2. The van der Waals surface area contributed by atoms with Crippen molar-refractivity contribution in [2.75, 3.05) is 25.6 Å². The largest absolute Gasteiger partial charge is 1.00 e. The maximum absolute atomic E-state index is 13.2. The summed E-state index contributed by atoms with van der Waals surface area (Å²) in [5.74, 6) is -1.04. The van der Waals surface area contributed by atoms with E-state index in [2.05, 4.69) is 41.5 Å². The molecule has 0 aliphatic rings. The molecule has 3 aromatic carbocycles. The van der Waals surface area contributed by atoms with Crippen molar-refractivity contribution in [1.82, 2.24) is 10.2 Å². The van der Waals surface area contributed by atoms with Crippen molar-refractivity contribution in [3.05, 3.63) is 95.1 Å². The molecule has 0 saturated carbocycles. The van der Waals surface area contributed by atoms with Crippen molar-refractivity contribution >= 4 is 23.6 Å². The molecule has 1 atom stereocenters. The van der Waals surface area contributed by atoms with E-state index < -0.39 is 17.9 Å². The van der Waals surface area contributed by atoms with E-state index in [4.69, 9.17) is 0 Å². The number of carbonyl (C=O) groups is 2. The number of hydrogen-bond acceptors (Lipinski definition) is 5. The second-order valence-corrected chi connectivity index (χ2v) is 9.78. The van der Waals surface area contributed by atoms with Gasteiger partial charge >= 0.3 is 18.9 Å². The van der Waals surface area contributed by atoms with Crippen molar-refractivity contribution in [3.63, 3.8) is 0 Å². The van der Waals surface area contributed by atoms with Crippen LogP contribution in [0, 0.1) is 6.92 Å². The minimum Gasteiger partial charge on any atom is -0.548 e. The fourth-order valence-electron chi connectivity index (χ4n) is 4.06. The fourth-order valence-corrected chi connectivity index (χ4v) is 4.53. The Kier molecular flexibility index (Phi) is 12.3. The van der Waals surface area contributed by atoms with Gasteiger partial charge in [0, 0.05) is 18.7 Å². The van der Waals surface area contributed by atoms with E-state index in [1.807, 2.05) is 55.6 Å². The Hall–Kier alpha value is -2.49. The molecule has 5 nitrogen and oxygen atoms in total. The quantitative estimate of drug-likeness (QED) is 0.378. The predicted molar refractivity (Wildman–Crippen MR) is 142 cm³/mol. The summed E-state index contributed by atoms with van der Waals surface area (Å²) in [7, 11) is 2.09. The zero-order valence-electron chi connectivity index (χ0n) is 21.6. The van der Waals surface area contributed by atoms with Gasteiger partial charge in [-0.15, -0.1) is 0 Å². The van der Waals surface area contributed by atoms with Crippen LogP contribution in [-0.2, 0) is 17.8 Å². The summed E-state index contributed by atoms with van der Waals surface area (Å²) in [6, 6.07) is 23.1. The van der Waals surface area contributed by atoms with Crippen LogP contribution < -0.4 is 29.3 Å². The van der Waals surface area contributed by atoms with E-state index in [1.54, 1.807) is 6.07 Å². The maximum Gasteiger partial charge on any atom is 1.00 e. The molecule has 0 saturated heterocycles. The molecule has 184 valence electrons. The van der Waals surface area contributed by atoms with Gasteiger partial charge in [0.2, 0.25) is 0 Å². The van der Waals surface area contributed by atoms with E-state index >= 15 is 0 Å². The van der Waals surface area contributed by atoms with Crippen LogP contribution in [0.4, 0.5) is 0 Å². The SMILES string of the molecule is CSCCC(NC(=O)c1ccc(CN(C)CCc2ccccc2)cc1-c1ccccc1C)C(=O)[O-].[Li+]. The number of likely N-dealkylation sites (N-methyl/N-ethyl adjacent to an activating group) is 1. The number of hydrogen-bond donors (Lipinski definition) is 1. The van der Waals surface area contributed by atoms with Crippen LogP contribution in [0.2, 0.25) is 0 Å². The average molecular weight is 497 g/mol. The summed E-state index contributed by atoms with van der Waals surface area (Å²) < 4.78 is 0. The molecule has 0 spiro atoms. The van der Waals surface area contributed by atoms with Gasteiger partial charge in [0.05, 0.1) is 12.0 Å². The number of aryl methyl sites for hydroxylation is 1. The summed E-state index contributed by atoms with van der Waals surface area (Å²) in [4.78, 5) is 27.0. The molecule has 0 aliphatic carbocycles. The van der Waals surface area contributed by atoms with Crippen molar-refractivity contribution in [1.29, 1.82) is 0 Å². The minimum atomic E-state index is -1.26. The van der Waals surface area contributed by atoms with Crippen molar-refractivity contribution in [2.24, 2.45) is 0 Å². The Labute approximate surface area is 230 Å². The van der Waals surface area contributed by atoms with Crippen molar-refractivity contribution in [3.8, 4) is 11.1 Å². The zero-order chi connectivity index (χ0) is 25.2. The van der Waals surface area contributed by atoms with Crippen LogP contribution in [-0.4, -0.2) is 48.4 Å². The van der Waals surface area contributed by atoms with Crippen LogP contribution in [0.1, 0.15) is 33.5 Å². The van der Waals surface area contributed by atoms with Crippen LogP contribution in [0.3, 0.4) is 0 Å². The molecule has 1 unspecified atom stereocenters. The van der Waals surface area contributed by atoms with Crippen LogP contribution >= 0.6 is 11.8 Å². The van der Waals surface area contributed by atoms with E-state index in [0.717, 1.165) is 41.8 Å². The number of thioether (sulfide) groups is 1. The van der Waals surface area contributed by atoms with Gasteiger partial charge in [-0.1, -0.05) is 60.7 Å². The molecule has 0 heterocycles. The number of rotatable bonds is 12. The molecule has 36 heavy (non-hydrogen) atoms. The number of aliphatic carboxylic acids is 1. The molecule has 1 amide bonds. The number of nitrogens with one attached hydrogen (secondary N) is 1. The monoisotopic (exact) mass is 496 g/mol. The number of carboxylic acids is 1. The minimum absolute atomic E-state index is 0. The van der Waals surface area contributed by atoms with Gasteiger partial charge < -0.3 is 20.1 Å². The van der Waals surface area contributed by atoms with Crippen LogP contribution in [0.15, 0.2) is 72.8 Å². The first-order valence-electron chi connectivity index (χ1n) is 11.8.